The van der Waals surface area contributed by atoms with Crippen LogP contribution >= 0.6 is 0 Å². The molecule has 1 amide bonds. The summed E-state index contributed by atoms with van der Waals surface area (Å²) in [5, 5.41) is 0. The summed E-state index contributed by atoms with van der Waals surface area (Å²) < 4.78 is 5.58. The molecule has 0 bridgehead atoms. The lowest BCUT2D eigenvalue weighted by Gasteiger charge is -2.40. The number of ether oxygens (including phenoxy) is 1. The minimum atomic E-state index is 0.295. The molecule has 0 unspecified atom stereocenters. The van der Waals surface area contributed by atoms with E-state index < -0.39 is 0 Å². The Kier molecular flexibility index (Phi) is 5.01. The molecule has 4 nitrogen and oxygen atoms in total. The molecule has 0 spiro atoms. The molecule has 18 heavy (non-hydrogen) atoms. The van der Waals surface area contributed by atoms with Crippen LogP contribution in [0.3, 0.4) is 0 Å². The normalized spacial score (nSPS) is 22.3. The molecule has 0 N–H and O–H groups in total. The molecule has 0 saturated carbocycles. The van der Waals surface area contributed by atoms with Gasteiger partial charge in [-0.2, -0.15) is 0 Å². The second kappa shape index (κ2) is 6.53. The largest absolute Gasteiger partial charge is 0.378 e. The van der Waals surface area contributed by atoms with E-state index in [-0.39, 0.29) is 0 Å². The van der Waals surface area contributed by atoms with Crippen LogP contribution in [-0.4, -0.2) is 61.1 Å². The molecule has 2 fully saturated rings. The minimum absolute atomic E-state index is 0.295. The maximum Gasteiger partial charge on any atom is 0.236 e. The molecule has 2 aliphatic rings. The predicted molar refractivity (Wildman–Crippen MR) is 71.4 cm³/mol. The molecule has 4 heteroatoms. The monoisotopic (exact) mass is 254 g/mol. The van der Waals surface area contributed by atoms with Gasteiger partial charge in [0.05, 0.1) is 19.3 Å². The molecular weight excluding hydrogens is 228 g/mol. The SMILES string of the molecule is CC(C)OCC1CN(C(=O)CN2CCCCC2)C1. The van der Waals surface area contributed by atoms with Crippen molar-refractivity contribution in [2.24, 2.45) is 5.92 Å². The summed E-state index contributed by atoms with van der Waals surface area (Å²) in [6.45, 7) is 9.50. The van der Waals surface area contributed by atoms with Crippen molar-refractivity contribution in [3.63, 3.8) is 0 Å². The highest BCUT2D eigenvalue weighted by Gasteiger charge is 2.31. The Morgan fingerprint density at radius 3 is 2.50 bits per heavy atom. The van der Waals surface area contributed by atoms with E-state index in [0.29, 0.717) is 24.5 Å². The maximum atomic E-state index is 12.0. The molecule has 2 rings (SSSR count). The highest BCUT2D eigenvalue weighted by Crippen LogP contribution is 2.17. The van der Waals surface area contributed by atoms with Crippen molar-refractivity contribution in [1.29, 1.82) is 0 Å². The van der Waals surface area contributed by atoms with Crippen molar-refractivity contribution >= 4 is 5.91 Å². The second-order valence-electron chi connectivity index (χ2n) is 5.88. The molecule has 0 aliphatic carbocycles. The van der Waals surface area contributed by atoms with E-state index in [4.69, 9.17) is 4.74 Å². The Bertz CT molecular complexity index is 269. The summed E-state index contributed by atoms with van der Waals surface area (Å²) in [6.07, 6.45) is 4.11. The van der Waals surface area contributed by atoms with E-state index in [9.17, 15) is 4.79 Å². The third kappa shape index (κ3) is 3.95. The van der Waals surface area contributed by atoms with Gasteiger partial charge in [0, 0.05) is 19.0 Å². The fourth-order valence-electron chi connectivity index (χ4n) is 2.62. The topological polar surface area (TPSA) is 32.8 Å². The van der Waals surface area contributed by atoms with Gasteiger partial charge in [-0.3, -0.25) is 9.69 Å². The van der Waals surface area contributed by atoms with Crippen molar-refractivity contribution in [1.82, 2.24) is 9.80 Å². The summed E-state index contributed by atoms with van der Waals surface area (Å²) in [5.41, 5.74) is 0. The number of carbonyl (C=O) groups excluding carboxylic acids is 1. The zero-order valence-corrected chi connectivity index (χ0v) is 11.7. The summed E-state index contributed by atoms with van der Waals surface area (Å²) in [5.74, 6) is 0.857. The van der Waals surface area contributed by atoms with E-state index in [2.05, 4.69) is 18.7 Å². The number of likely N-dealkylation sites (tertiary alicyclic amines) is 2. The first-order valence-electron chi connectivity index (χ1n) is 7.27. The molecule has 0 aromatic rings. The molecule has 2 saturated heterocycles. The maximum absolute atomic E-state index is 12.0. The van der Waals surface area contributed by atoms with Crippen molar-refractivity contribution < 1.29 is 9.53 Å². The van der Waals surface area contributed by atoms with Crippen LogP contribution in [0.5, 0.6) is 0 Å². The third-order valence-electron chi connectivity index (χ3n) is 3.78. The lowest BCUT2D eigenvalue weighted by Crippen LogP contribution is -2.54. The van der Waals surface area contributed by atoms with Crippen LogP contribution in [0, 0.1) is 5.92 Å². The van der Waals surface area contributed by atoms with Gasteiger partial charge in [0.15, 0.2) is 0 Å². The van der Waals surface area contributed by atoms with Crippen molar-refractivity contribution in [2.75, 3.05) is 39.3 Å². The number of piperidine rings is 1. The van der Waals surface area contributed by atoms with Crippen LogP contribution in [-0.2, 0) is 9.53 Å². The summed E-state index contributed by atoms with van der Waals surface area (Å²) >= 11 is 0. The quantitative estimate of drug-likeness (QED) is 0.742. The van der Waals surface area contributed by atoms with Gasteiger partial charge in [0.2, 0.25) is 5.91 Å². The zero-order valence-electron chi connectivity index (χ0n) is 11.7. The van der Waals surface area contributed by atoms with Crippen LogP contribution in [0.25, 0.3) is 0 Å². The highest BCUT2D eigenvalue weighted by atomic mass is 16.5. The summed E-state index contributed by atoms with van der Waals surface area (Å²) in [7, 11) is 0. The molecule has 104 valence electrons. The van der Waals surface area contributed by atoms with Gasteiger partial charge in [0.1, 0.15) is 0 Å². The molecule has 2 aliphatic heterocycles. The van der Waals surface area contributed by atoms with E-state index in [0.717, 1.165) is 32.8 Å². The molecule has 0 atom stereocenters. The lowest BCUT2D eigenvalue weighted by atomic mass is 10.0. The van der Waals surface area contributed by atoms with Crippen molar-refractivity contribution in [3.8, 4) is 0 Å². The fourth-order valence-corrected chi connectivity index (χ4v) is 2.62. The molecular formula is C14H26N2O2. The smallest absolute Gasteiger partial charge is 0.236 e. The first-order valence-corrected chi connectivity index (χ1v) is 7.27. The van der Waals surface area contributed by atoms with Crippen LogP contribution in [0.1, 0.15) is 33.1 Å². The second-order valence-corrected chi connectivity index (χ2v) is 5.88. The van der Waals surface area contributed by atoms with Crippen LogP contribution < -0.4 is 0 Å². The average molecular weight is 254 g/mol. The number of carbonyl (C=O) groups is 1. The van der Waals surface area contributed by atoms with Crippen molar-refractivity contribution in [3.05, 3.63) is 0 Å². The van der Waals surface area contributed by atoms with Gasteiger partial charge in [0.25, 0.3) is 0 Å². The Labute approximate surface area is 110 Å². The highest BCUT2D eigenvalue weighted by molar-refractivity contribution is 5.79. The Hall–Kier alpha value is -0.610. The average Bonchev–Trinajstić information content (AvgIpc) is 2.27. The molecule has 0 radical (unpaired) electrons. The van der Waals surface area contributed by atoms with E-state index >= 15 is 0 Å². The zero-order chi connectivity index (χ0) is 13.0. The van der Waals surface area contributed by atoms with Gasteiger partial charge in [-0.15, -0.1) is 0 Å². The van der Waals surface area contributed by atoms with Crippen LogP contribution in [0.4, 0.5) is 0 Å². The van der Waals surface area contributed by atoms with Crippen molar-refractivity contribution in [2.45, 2.75) is 39.2 Å². The number of amides is 1. The van der Waals surface area contributed by atoms with Crippen LogP contribution in [0.2, 0.25) is 0 Å². The van der Waals surface area contributed by atoms with E-state index in [1.54, 1.807) is 0 Å². The predicted octanol–water partition coefficient (Wildman–Crippen LogP) is 1.36. The fraction of sp³-hybridized carbons (Fsp3) is 0.929. The van der Waals surface area contributed by atoms with Crippen LogP contribution in [0.15, 0.2) is 0 Å². The Balaban J connectivity index is 1.60. The standard InChI is InChI=1S/C14H26N2O2/c1-12(2)18-11-13-8-16(9-13)14(17)10-15-6-4-3-5-7-15/h12-13H,3-11H2,1-2H3. The summed E-state index contributed by atoms with van der Waals surface area (Å²) in [6, 6.07) is 0. The third-order valence-corrected chi connectivity index (χ3v) is 3.78. The number of hydrogen-bond acceptors (Lipinski definition) is 3. The van der Waals surface area contributed by atoms with Gasteiger partial charge in [-0.25, -0.2) is 0 Å². The lowest BCUT2D eigenvalue weighted by molar-refractivity contribution is -0.141. The molecule has 0 aromatic carbocycles. The first kappa shape index (κ1) is 13.8. The first-order chi connectivity index (χ1) is 8.65. The Morgan fingerprint density at radius 1 is 1.22 bits per heavy atom. The molecule has 2 heterocycles. The minimum Gasteiger partial charge on any atom is -0.378 e. The molecule has 0 aromatic heterocycles. The van der Waals surface area contributed by atoms with Gasteiger partial charge < -0.3 is 9.64 Å². The van der Waals surface area contributed by atoms with Gasteiger partial charge >= 0.3 is 0 Å². The van der Waals surface area contributed by atoms with Gasteiger partial charge in [-0.1, -0.05) is 6.42 Å². The van der Waals surface area contributed by atoms with Gasteiger partial charge in [-0.05, 0) is 39.8 Å². The Morgan fingerprint density at radius 2 is 1.89 bits per heavy atom. The van der Waals surface area contributed by atoms with E-state index in [1.165, 1.54) is 19.3 Å². The van der Waals surface area contributed by atoms with E-state index in [1.807, 2.05) is 4.90 Å². The number of nitrogens with zero attached hydrogens (tertiary/aromatic N) is 2. The number of rotatable bonds is 5. The number of hydrogen-bond donors (Lipinski definition) is 0. The summed E-state index contributed by atoms with van der Waals surface area (Å²) in [4.78, 5) is 16.3.